The van der Waals surface area contributed by atoms with E-state index in [-0.39, 0.29) is 6.09 Å². The van der Waals surface area contributed by atoms with Crippen LogP contribution in [0, 0.1) is 5.92 Å². The summed E-state index contributed by atoms with van der Waals surface area (Å²) in [5.74, 6) is 0.882. The molecule has 4 heteroatoms. The first-order valence-corrected chi connectivity index (χ1v) is 8.57. The summed E-state index contributed by atoms with van der Waals surface area (Å²) < 4.78 is 5.49. The first kappa shape index (κ1) is 16.6. The number of hydrogen-bond donors (Lipinski definition) is 1. The molecule has 0 aromatic carbocycles. The minimum Gasteiger partial charge on any atom is -0.444 e. The summed E-state index contributed by atoms with van der Waals surface area (Å²) in [6.45, 7) is 9.74. The van der Waals surface area contributed by atoms with Gasteiger partial charge in [-0.15, -0.1) is 0 Å². The molecule has 0 spiro atoms. The van der Waals surface area contributed by atoms with Gasteiger partial charge in [0.2, 0.25) is 0 Å². The van der Waals surface area contributed by atoms with Gasteiger partial charge >= 0.3 is 6.09 Å². The smallest absolute Gasteiger partial charge is 0.410 e. The fourth-order valence-electron chi connectivity index (χ4n) is 3.37. The fourth-order valence-corrected chi connectivity index (χ4v) is 3.37. The minimum absolute atomic E-state index is 0.161. The molecule has 1 saturated heterocycles. The molecule has 0 aromatic rings. The Kier molecular flexibility index (Phi) is 5.53. The Morgan fingerprint density at radius 3 is 2.38 bits per heavy atom. The maximum Gasteiger partial charge on any atom is 0.410 e. The van der Waals surface area contributed by atoms with E-state index in [1.54, 1.807) is 0 Å². The molecular weight excluding hydrogens is 264 g/mol. The van der Waals surface area contributed by atoms with Gasteiger partial charge in [-0.05, 0) is 65.2 Å². The van der Waals surface area contributed by atoms with Crippen LogP contribution in [0.5, 0.6) is 0 Å². The zero-order valence-corrected chi connectivity index (χ0v) is 14.2. The fraction of sp³-hybridized carbons (Fsp3) is 0.941. The van der Waals surface area contributed by atoms with Crippen molar-refractivity contribution in [3.8, 4) is 0 Å². The van der Waals surface area contributed by atoms with Crippen molar-refractivity contribution in [1.82, 2.24) is 10.2 Å². The van der Waals surface area contributed by atoms with Crippen molar-refractivity contribution in [1.29, 1.82) is 0 Å². The van der Waals surface area contributed by atoms with Crippen molar-refractivity contribution in [2.45, 2.75) is 83.9 Å². The number of likely N-dealkylation sites (tertiary alicyclic amines) is 1. The van der Waals surface area contributed by atoms with E-state index in [2.05, 4.69) is 12.2 Å². The van der Waals surface area contributed by atoms with Gasteiger partial charge in [0, 0.05) is 25.2 Å². The highest BCUT2D eigenvalue weighted by molar-refractivity contribution is 5.68. The van der Waals surface area contributed by atoms with Crippen molar-refractivity contribution in [2.75, 3.05) is 13.1 Å². The van der Waals surface area contributed by atoms with E-state index in [9.17, 15) is 4.79 Å². The van der Waals surface area contributed by atoms with Gasteiger partial charge in [0.1, 0.15) is 5.60 Å². The first-order valence-electron chi connectivity index (χ1n) is 8.57. The van der Waals surface area contributed by atoms with Gasteiger partial charge in [0.25, 0.3) is 0 Å². The van der Waals surface area contributed by atoms with Gasteiger partial charge in [0.05, 0.1) is 0 Å². The Labute approximate surface area is 129 Å². The summed E-state index contributed by atoms with van der Waals surface area (Å²) in [7, 11) is 0. The van der Waals surface area contributed by atoms with E-state index in [1.165, 1.54) is 32.1 Å². The molecule has 21 heavy (non-hydrogen) atoms. The van der Waals surface area contributed by atoms with Crippen molar-refractivity contribution < 1.29 is 9.53 Å². The number of piperidine rings is 1. The number of carbonyl (C=O) groups is 1. The highest BCUT2D eigenvalue weighted by Crippen LogP contribution is 2.25. The van der Waals surface area contributed by atoms with Gasteiger partial charge in [-0.2, -0.15) is 0 Å². The Balaban J connectivity index is 1.79. The standard InChI is InChI=1S/C17H32N2O2/c1-13-7-9-14(10-8-13)18-15-6-5-11-19(12-15)16(20)21-17(2,3)4/h13-15,18H,5-12H2,1-4H3. The number of carbonyl (C=O) groups excluding carboxylic acids is 1. The summed E-state index contributed by atoms with van der Waals surface area (Å²) in [5, 5.41) is 3.78. The number of nitrogens with zero attached hydrogens (tertiary/aromatic N) is 1. The highest BCUT2D eigenvalue weighted by atomic mass is 16.6. The van der Waals surface area contributed by atoms with Gasteiger partial charge < -0.3 is 15.0 Å². The summed E-state index contributed by atoms with van der Waals surface area (Å²) >= 11 is 0. The van der Waals surface area contributed by atoms with Crippen molar-refractivity contribution in [3.63, 3.8) is 0 Å². The monoisotopic (exact) mass is 296 g/mol. The van der Waals surface area contributed by atoms with Crippen molar-refractivity contribution >= 4 is 6.09 Å². The summed E-state index contributed by atoms with van der Waals surface area (Å²) in [5.41, 5.74) is -0.406. The normalized spacial score (nSPS) is 31.0. The van der Waals surface area contributed by atoms with E-state index < -0.39 is 5.60 Å². The van der Waals surface area contributed by atoms with Gasteiger partial charge in [-0.25, -0.2) is 4.79 Å². The Morgan fingerprint density at radius 1 is 1.10 bits per heavy atom. The summed E-state index contributed by atoms with van der Waals surface area (Å²) in [6, 6.07) is 1.08. The average Bonchev–Trinajstić information content (AvgIpc) is 2.40. The molecule has 2 fully saturated rings. The molecule has 0 aromatic heterocycles. The molecule has 2 aliphatic rings. The lowest BCUT2D eigenvalue weighted by atomic mass is 9.87. The van der Waals surface area contributed by atoms with Crippen LogP contribution in [-0.2, 0) is 4.74 Å². The topological polar surface area (TPSA) is 41.6 Å². The van der Waals surface area contributed by atoms with Crippen LogP contribution < -0.4 is 5.32 Å². The van der Waals surface area contributed by atoms with Crippen LogP contribution in [0.25, 0.3) is 0 Å². The molecule has 4 nitrogen and oxygen atoms in total. The van der Waals surface area contributed by atoms with Gasteiger partial charge in [0.15, 0.2) is 0 Å². The second-order valence-electron chi connectivity index (χ2n) is 7.89. The van der Waals surface area contributed by atoms with E-state index in [1.807, 2.05) is 25.7 Å². The Bertz CT molecular complexity index is 343. The van der Waals surface area contributed by atoms with E-state index in [0.29, 0.717) is 12.1 Å². The lowest BCUT2D eigenvalue weighted by Gasteiger charge is -2.37. The SMILES string of the molecule is CC1CCC(NC2CCCN(C(=O)OC(C)(C)C)C2)CC1. The second-order valence-corrected chi connectivity index (χ2v) is 7.89. The van der Waals surface area contributed by atoms with E-state index in [4.69, 9.17) is 4.74 Å². The largest absolute Gasteiger partial charge is 0.444 e. The summed E-state index contributed by atoms with van der Waals surface area (Å²) in [6.07, 6.45) is 7.31. The molecule has 1 atom stereocenters. The highest BCUT2D eigenvalue weighted by Gasteiger charge is 2.29. The van der Waals surface area contributed by atoms with Crippen LogP contribution in [0.4, 0.5) is 4.79 Å². The van der Waals surface area contributed by atoms with Crippen LogP contribution in [0.15, 0.2) is 0 Å². The molecule has 1 aliphatic carbocycles. The molecule has 1 aliphatic heterocycles. The quantitative estimate of drug-likeness (QED) is 0.847. The van der Waals surface area contributed by atoms with Crippen LogP contribution in [0.3, 0.4) is 0 Å². The van der Waals surface area contributed by atoms with E-state index >= 15 is 0 Å². The van der Waals surface area contributed by atoms with Crippen LogP contribution in [-0.4, -0.2) is 41.8 Å². The molecule has 2 rings (SSSR count). The maximum absolute atomic E-state index is 12.2. The number of hydrogen-bond acceptors (Lipinski definition) is 3. The zero-order chi connectivity index (χ0) is 15.5. The zero-order valence-electron chi connectivity index (χ0n) is 14.2. The second kappa shape index (κ2) is 6.99. The predicted molar refractivity (Wildman–Crippen MR) is 85.4 cm³/mol. The number of nitrogens with one attached hydrogen (secondary N) is 1. The molecule has 1 unspecified atom stereocenters. The number of rotatable bonds is 2. The number of amides is 1. The third kappa shape index (κ3) is 5.50. The van der Waals surface area contributed by atoms with E-state index in [0.717, 1.165) is 25.4 Å². The molecule has 1 heterocycles. The van der Waals surface area contributed by atoms with Crippen LogP contribution >= 0.6 is 0 Å². The molecular formula is C17H32N2O2. The molecule has 122 valence electrons. The van der Waals surface area contributed by atoms with Crippen molar-refractivity contribution in [2.24, 2.45) is 5.92 Å². The van der Waals surface area contributed by atoms with Crippen LogP contribution in [0.2, 0.25) is 0 Å². The van der Waals surface area contributed by atoms with Crippen LogP contribution in [0.1, 0.15) is 66.2 Å². The summed E-state index contributed by atoms with van der Waals surface area (Å²) in [4.78, 5) is 14.0. The first-order chi connectivity index (χ1) is 9.83. The number of ether oxygens (including phenoxy) is 1. The lowest BCUT2D eigenvalue weighted by Crippen LogP contribution is -2.52. The molecule has 1 saturated carbocycles. The van der Waals surface area contributed by atoms with Gasteiger partial charge in [-0.3, -0.25) is 0 Å². The minimum atomic E-state index is -0.406. The predicted octanol–water partition coefficient (Wildman–Crippen LogP) is 3.55. The Morgan fingerprint density at radius 2 is 1.76 bits per heavy atom. The van der Waals surface area contributed by atoms with Crippen molar-refractivity contribution in [3.05, 3.63) is 0 Å². The maximum atomic E-state index is 12.2. The molecule has 0 radical (unpaired) electrons. The third-order valence-electron chi connectivity index (χ3n) is 4.56. The third-order valence-corrected chi connectivity index (χ3v) is 4.56. The lowest BCUT2D eigenvalue weighted by molar-refractivity contribution is 0.0180. The molecule has 1 amide bonds. The molecule has 1 N–H and O–H groups in total. The Hall–Kier alpha value is -0.770. The molecule has 0 bridgehead atoms. The van der Waals surface area contributed by atoms with Gasteiger partial charge in [-0.1, -0.05) is 6.92 Å². The average molecular weight is 296 g/mol.